The molecule has 5 amide bonds. The largest absolute Gasteiger partial charge is 0.354 e. The van der Waals surface area contributed by atoms with Gasteiger partial charge in [-0.3, -0.25) is 19.4 Å². The van der Waals surface area contributed by atoms with Gasteiger partial charge < -0.3 is 26.2 Å². The molecule has 0 spiro atoms. The van der Waals surface area contributed by atoms with Crippen molar-refractivity contribution in [2.45, 2.75) is 98.8 Å². The van der Waals surface area contributed by atoms with Crippen molar-refractivity contribution in [1.29, 1.82) is 0 Å². The number of piperidine rings is 1. The molecule has 1 saturated carbocycles. The zero-order valence-electron chi connectivity index (χ0n) is 30.8. The van der Waals surface area contributed by atoms with Gasteiger partial charge in [-0.2, -0.15) is 0 Å². The molecule has 0 aromatic carbocycles. The molecule has 13 nitrogen and oxygen atoms in total. The Morgan fingerprint density at radius 1 is 1.02 bits per heavy atom. The molecule has 0 bridgehead atoms. The van der Waals surface area contributed by atoms with Crippen LogP contribution in [0.1, 0.15) is 67.4 Å². The van der Waals surface area contributed by atoms with Crippen LogP contribution in [0.4, 0.5) is 13.6 Å². The van der Waals surface area contributed by atoms with E-state index in [0.717, 1.165) is 16.1 Å². The van der Waals surface area contributed by atoms with Crippen LogP contribution in [0.5, 0.6) is 0 Å². The number of hydrogen-bond donors (Lipinski definition) is 4. The Kier molecular flexibility index (Phi) is 12.7. The van der Waals surface area contributed by atoms with Gasteiger partial charge in [-0.25, -0.2) is 26.3 Å². The van der Waals surface area contributed by atoms with Crippen LogP contribution in [0.2, 0.25) is 0 Å². The zero-order valence-corrected chi connectivity index (χ0v) is 31.7. The second kappa shape index (κ2) is 15.5. The van der Waals surface area contributed by atoms with E-state index in [-0.39, 0.29) is 36.9 Å². The molecule has 1 aliphatic carbocycles. The number of pyridine rings is 1. The van der Waals surface area contributed by atoms with Gasteiger partial charge in [-0.1, -0.05) is 55.4 Å². The number of rotatable bonds is 14. The lowest BCUT2D eigenvalue weighted by Crippen LogP contribution is -2.62. The highest BCUT2D eigenvalue weighted by Gasteiger charge is 2.70. The van der Waals surface area contributed by atoms with Crippen molar-refractivity contribution in [2.24, 2.45) is 28.1 Å². The minimum atomic E-state index is -3.53. The number of likely N-dealkylation sites (N-methyl/N-ethyl adjacent to an activating group) is 1. The first-order valence-electron chi connectivity index (χ1n) is 16.9. The van der Waals surface area contributed by atoms with Crippen molar-refractivity contribution >= 4 is 33.8 Å². The minimum Gasteiger partial charge on any atom is -0.354 e. The highest BCUT2D eigenvalue weighted by Crippen LogP contribution is 2.65. The van der Waals surface area contributed by atoms with Crippen LogP contribution in [0.3, 0.4) is 0 Å². The molecule has 1 saturated heterocycles. The van der Waals surface area contributed by atoms with E-state index in [1.165, 1.54) is 11.9 Å². The number of aromatic nitrogens is 1. The minimum absolute atomic E-state index is 0.00616. The van der Waals surface area contributed by atoms with Crippen LogP contribution < -0.4 is 21.3 Å². The van der Waals surface area contributed by atoms with Crippen molar-refractivity contribution in [3.63, 3.8) is 0 Å². The van der Waals surface area contributed by atoms with Gasteiger partial charge in [0.25, 0.3) is 0 Å². The summed E-state index contributed by atoms with van der Waals surface area (Å²) in [6.45, 7) is 15.2. The summed E-state index contributed by atoms with van der Waals surface area (Å²) in [4.78, 5) is 60.0. The molecule has 3 rings (SSSR count). The number of fused-ring (bicyclic) bond motifs is 1. The van der Waals surface area contributed by atoms with Crippen LogP contribution in [-0.4, -0.2) is 110 Å². The maximum Gasteiger partial charge on any atom is 0.315 e. The number of nitrogens with one attached hydrogen (secondary N) is 4. The lowest BCUT2D eigenvalue weighted by Gasteiger charge is -2.39. The van der Waals surface area contributed by atoms with Gasteiger partial charge in [0.1, 0.15) is 18.1 Å². The Balaban J connectivity index is 1.80. The van der Waals surface area contributed by atoms with E-state index in [1.807, 2.05) is 34.6 Å². The molecule has 2 aliphatic rings. The van der Waals surface area contributed by atoms with Crippen molar-refractivity contribution < 1.29 is 36.4 Å². The predicted octanol–water partition coefficient (Wildman–Crippen LogP) is 2.38. The lowest BCUT2D eigenvalue weighted by molar-refractivity contribution is -0.144. The van der Waals surface area contributed by atoms with E-state index < -0.39 is 81.6 Å². The quantitative estimate of drug-likeness (QED) is 0.228. The highest BCUT2D eigenvalue weighted by molar-refractivity contribution is 7.88. The summed E-state index contributed by atoms with van der Waals surface area (Å²) in [5, 5.41) is 10.8. The van der Waals surface area contributed by atoms with Gasteiger partial charge in [0, 0.05) is 51.5 Å². The standard InChI is InChI=1S/C34H55F2N7O6S/c1-32(2,3)23(19-42(9)50(10,48)49)40-31(47)41-27(33(4,5)6)30(46)43-18-21-25(34(21,7)8)26(43)29(45)39-22(17-24(35)36)28(44)38-16-13-20-11-14-37-15-12-20/h11-12,14-15,21-27H,13,16-19H2,1-10H3,(H,38,44)(H,39,45)(H2,40,41,47)/t21-,22-,23+,25-,26-,27+/m0/s1. The van der Waals surface area contributed by atoms with E-state index in [9.17, 15) is 36.4 Å². The maximum atomic E-state index is 14.3. The number of urea groups is 1. The molecule has 16 heteroatoms. The summed E-state index contributed by atoms with van der Waals surface area (Å²) in [6.07, 6.45) is 0.941. The first-order valence-corrected chi connectivity index (χ1v) is 18.7. The van der Waals surface area contributed by atoms with Crippen LogP contribution in [0, 0.1) is 28.1 Å². The topological polar surface area (TPSA) is 170 Å². The predicted molar refractivity (Wildman–Crippen MR) is 185 cm³/mol. The SMILES string of the molecule is CN(C[C@@H](NC(=O)N[C@H](C(=O)N1C[C@H]2[C@@H]([C@H]1C(=O)N[C@@H](CC(F)F)C(=O)NCCc1ccncc1)C2(C)C)C(C)(C)C)C(C)(C)C)S(C)(=O)=O. The number of likely N-dealkylation sites (tertiary alicyclic amines) is 1. The number of carbonyl (C=O) groups is 4. The number of amides is 5. The van der Waals surface area contributed by atoms with E-state index in [0.29, 0.717) is 6.42 Å². The molecule has 6 atom stereocenters. The van der Waals surface area contributed by atoms with E-state index >= 15 is 0 Å². The van der Waals surface area contributed by atoms with Crippen molar-refractivity contribution in [2.75, 3.05) is 32.9 Å². The average molecular weight is 728 g/mol. The summed E-state index contributed by atoms with van der Waals surface area (Å²) < 4.78 is 52.6. The third kappa shape index (κ3) is 10.3. The van der Waals surface area contributed by atoms with Crippen LogP contribution >= 0.6 is 0 Å². The van der Waals surface area contributed by atoms with Crippen LogP contribution in [-0.2, 0) is 30.8 Å². The van der Waals surface area contributed by atoms with Gasteiger partial charge in [0.15, 0.2) is 0 Å². The Bertz CT molecular complexity index is 1500. The first kappa shape index (κ1) is 41.0. The summed E-state index contributed by atoms with van der Waals surface area (Å²) >= 11 is 0. The highest BCUT2D eigenvalue weighted by atomic mass is 32.2. The van der Waals surface area contributed by atoms with E-state index in [1.54, 1.807) is 45.3 Å². The number of carbonyl (C=O) groups excluding carboxylic acids is 4. The molecule has 0 radical (unpaired) electrons. The molecule has 1 aromatic rings. The van der Waals surface area contributed by atoms with E-state index in [4.69, 9.17) is 0 Å². The Hall–Kier alpha value is -3.40. The fraction of sp³-hybridized carbons (Fsp3) is 0.735. The van der Waals surface area contributed by atoms with Gasteiger partial charge in [0.05, 0.1) is 6.26 Å². The summed E-state index contributed by atoms with van der Waals surface area (Å²) in [5.41, 5.74) is -0.798. The smallest absolute Gasteiger partial charge is 0.315 e. The van der Waals surface area contributed by atoms with Gasteiger partial charge in [0.2, 0.25) is 34.2 Å². The van der Waals surface area contributed by atoms with Gasteiger partial charge >= 0.3 is 6.03 Å². The van der Waals surface area contributed by atoms with E-state index in [2.05, 4.69) is 26.3 Å². The number of nitrogens with zero attached hydrogens (tertiary/aromatic N) is 3. The molecule has 4 N–H and O–H groups in total. The van der Waals surface area contributed by atoms with Crippen molar-refractivity contribution in [3.05, 3.63) is 30.1 Å². The summed E-state index contributed by atoms with van der Waals surface area (Å²) in [5.74, 6) is -2.31. The number of sulfonamides is 1. The first-order chi connectivity index (χ1) is 22.9. The fourth-order valence-electron chi connectivity index (χ4n) is 6.56. The van der Waals surface area contributed by atoms with Gasteiger partial charge in [-0.05, 0) is 52.2 Å². The maximum absolute atomic E-state index is 14.3. The molecular weight excluding hydrogens is 672 g/mol. The van der Waals surface area contributed by atoms with Crippen LogP contribution in [0.15, 0.2) is 24.5 Å². The average Bonchev–Trinajstić information content (AvgIpc) is 3.29. The van der Waals surface area contributed by atoms with Gasteiger partial charge in [-0.15, -0.1) is 0 Å². The normalized spacial score (nSPS) is 22.0. The fourth-order valence-corrected chi connectivity index (χ4v) is 6.98. The second-order valence-electron chi connectivity index (χ2n) is 16.4. The molecular formula is C34H55F2N7O6S. The number of halogens is 2. The number of hydrogen-bond acceptors (Lipinski definition) is 7. The Labute approximate surface area is 295 Å². The molecule has 50 heavy (non-hydrogen) atoms. The van der Waals surface area contributed by atoms with Crippen LogP contribution in [0.25, 0.3) is 0 Å². The molecule has 2 fully saturated rings. The summed E-state index contributed by atoms with van der Waals surface area (Å²) in [7, 11) is -2.12. The molecule has 282 valence electrons. The third-order valence-electron chi connectivity index (χ3n) is 10.0. The molecule has 0 unspecified atom stereocenters. The molecule has 1 aliphatic heterocycles. The molecule has 2 heterocycles. The third-order valence-corrected chi connectivity index (χ3v) is 11.3. The summed E-state index contributed by atoms with van der Waals surface area (Å²) in [6, 6.07) is -1.46. The monoisotopic (exact) mass is 727 g/mol. The number of alkyl halides is 2. The molecule has 1 aromatic heterocycles. The second-order valence-corrected chi connectivity index (χ2v) is 18.4. The van der Waals surface area contributed by atoms with Crippen molar-refractivity contribution in [1.82, 2.24) is 35.5 Å². The Morgan fingerprint density at radius 3 is 2.14 bits per heavy atom. The zero-order chi connectivity index (χ0) is 38.0. The Morgan fingerprint density at radius 2 is 1.62 bits per heavy atom. The van der Waals surface area contributed by atoms with Crippen molar-refractivity contribution in [3.8, 4) is 0 Å². The lowest BCUT2D eigenvalue weighted by atomic mass is 9.85.